The standard InChI is InChI=1S/C25H33NO5Si/c1-25(2,3)32(6,7)26-16-20(17-11-8-9-12-21(17)26)18(22-13-10-14-31-22)15-19(23(27)29-4)24(28)30-5/h8-14,16,18-19H,15H2,1-7H3/t18-/m0/s1. The number of furan rings is 1. The third-order valence-corrected chi connectivity index (χ3v) is 12.1. The zero-order chi connectivity index (χ0) is 23.7. The van der Waals surface area contributed by atoms with Crippen molar-refractivity contribution in [2.45, 2.75) is 51.2 Å². The van der Waals surface area contributed by atoms with E-state index in [9.17, 15) is 9.59 Å². The molecule has 1 aromatic carbocycles. The smallest absolute Gasteiger partial charge is 0.320 e. The minimum atomic E-state index is -1.95. The summed E-state index contributed by atoms with van der Waals surface area (Å²) >= 11 is 0. The van der Waals surface area contributed by atoms with Crippen LogP contribution in [0.25, 0.3) is 10.9 Å². The maximum atomic E-state index is 12.5. The summed E-state index contributed by atoms with van der Waals surface area (Å²) in [5.74, 6) is -1.89. The van der Waals surface area contributed by atoms with Crippen LogP contribution in [0.4, 0.5) is 0 Å². The monoisotopic (exact) mass is 455 g/mol. The molecule has 0 fully saturated rings. The second kappa shape index (κ2) is 8.98. The van der Waals surface area contributed by atoms with Crippen molar-refractivity contribution < 1.29 is 23.5 Å². The predicted molar refractivity (Wildman–Crippen MR) is 127 cm³/mol. The van der Waals surface area contributed by atoms with Gasteiger partial charge >= 0.3 is 11.9 Å². The van der Waals surface area contributed by atoms with Crippen LogP contribution in [0.2, 0.25) is 18.1 Å². The third-order valence-electron chi connectivity index (χ3n) is 6.89. The molecule has 0 unspecified atom stereocenters. The van der Waals surface area contributed by atoms with Crippen LogP contribution in [0.15, 0.2) is 53.3 Å². The van der Waals surface area contributed by atoms with Gasteiger partial charge in [0.2, 0.25) is 0 Å². The van der Waals surface area contributed by atoms with Gasteiger partial charge in [0, 0.05) is 23.0 Å². The van der Waals surface area contributed by atoms with Crippen molar-refractivity contribution in [2.75, 3.05) is 14.2 Å². The number of hydrogen-bond donors (Lipinski definition) is 0. The average Bonchev–Trinajstić information content (AvgIpc) is 3.41. The molecule has 32 heavy (non-hydrogen) atoms. The molecule has 0 spiro atoms. The van der Waals surface area contributed by atoms with Crippen LogP contribution in [-0.4, -0.2) is 38.6 Å². The highest BCUT2D eigenvalue weighted by Gasteiger charge is 2.40. The maximum absolute atomic E-state index is 12.5. The molecule has 7 heteroatoms. The summed E-state index contributed by atoms with van der Waals surface area (Å²) in [5.41, 5.74) is 2.18. The number of esters is 2. The van der Waals surface area contributed by atoms with Crippen LogP contribution in [0.3, 0.4) is 0 Å². The van der Waals surface area contributed by atoms with Crippen LogP contribution in [0.5, 0.6) is 0 Å². The van der Waals surface area contributed by atoms with Crippen molar-refractivity contribution in [3.8, 4) is 0 Å². The van der Waals surface area contributed by atoms with E-state index in [1.807, 2.05) is 24.3 Å². The van der Waals surface area contributed by atoms with Crippen molar-refractivity contribution in [1.29, 1.82) is 0 Å². The summed E-state index contributed by atoms with van der Waals surface area (Å²) in [5, 5.41) is 1.21. The van der Waals surface area contributed by atoms with Gasteiger partial charge in [-0.25, -0.2) is 0 Å². The van der Waals surface area contributed by atoms with Gasteiger partial charge in [-0.1, -0.05) is 52.1 Å². The number of nitrogens with zero attached hydrogens (tertiary/aromatic N) is 1. The zero-order valence-corrected chi connectivity index (χ0v) is 21.0. The number of carbonyl (C=O) groups excluding carboxylic acids is 2. The molecule has 0 amide bonds. The maximum Gasteiger partial charge on any atom is 0.320 e. The normalized spacial score (nSPS) is 13.4. The lowest BCUT2D eigenvalue weighted by Gasteiger charge is -2.38. The molecule has 0 aliphatic carbocycles. The van der Waals surface area contributed by atoms with Crippen molar-refractivity contribution >= 4 is 31.1 Å². The van der Waals surface area contributed by atoms with Crippen LogP contribution >= 0.6 is 0 Å². The van der Waals surface area contributed by atoms with Gasteiger partial charge in [0.15, 0.2) is 14.2 Å². The molecule has 3 aromatic rings. The molecule has 2 aromatic heterocycles. The topological polar surface area (TPSA) is 70.7 Å². The van der Waals surface area contributed by atoms with Gasteiger partial charge < -0.3 is 18.1 Å². The molecule has 0 aliphatic rings. The summed E-state index contributed by atoms with van der Waals surface area (Å²) in [7, 11) is 0.613. The Hall–Kier alpha value is -2.80. The van der Waals surface area contributed by atoms with Crippen LogP contribution in [0, 0.1) is 5.92 Å². The molecule has 0 aliphatic heterocycles. The summed E-state index contributed by atoms with van der Waals surface area (Å²) in [6.07, 6.45) is 4.00. The number of aromatic nitrogens is 1. The Morgan fingerprint density at radius 2 is 1.66 bits per heavy atom. The number of ether oxygens (including phenoxy) is 2. The Morgan fingerprint density at radius 3 is 2.19 bits per heavy atom. The van der Waals surface area contributed by atoms with Crippen molar-refractivity contribution in [1.82, 2.24) is 4.23 Å². The van der Waals surface area contributed by atoms with E-state index < -0.39 is 26.1 Å². The number of methoxy groups -OCH3 is 2. The average molecular weight is 456 g/mol. The van der Waals surface area contributed by atoms with Gasteiger partial charge in [-0.2, -0.15) is 0 Å². The second-order valence-corrected chi connectivity index (χ2v) is 14.8. The molecule has 0 saturated heterocycles. The predicted octanol–water partition coefficient (Wildman–Crippen LogP) is 5.57. The molecule has 0 radical (unpaired) electrons. The quantitative estimate of drug-likeness (QED) is 0.264. The number of rotatable bonds is 7. The van der Waals surface area contributed by atoms with Crippen LogP contribution in [0.1, 0.15) is 44.4 Å². The highest BCUT2D eigenvalue weighted by Crippen LogP contribution is 2.43. The fourth-order valence-corrected chi connectivity index (χ4v) is 5.98. The molecule has 172 valence electrons. The van der Waals surface area contributed by atoms with Gasteiger partial charge in [0.1, 0.15) is 5.76 Å². The lowest BCUT2D eigenvalue weighted by atomic mass is 9.86. The Bertz CT molecular complexity index is 1080. The summed E-state index contributed by atoms with van der Waals surface area (Å²) in [6, 6.07) is 12.0. The minimum Gasteiger partial charge on any atom is -0.469 e. The molecular weight excluding hydrogens is 422 g/mol. The second-order valence-electron chi connectivity index (χ2n) is 9.68. The summed E-state index contributed by atoms with van der Waals surface area (Å²) < 4.78 is 18.0. The van der Waals surface area contributed by atoms with Gasteiger partial charge in [-0.3, -0.25) is 9.59 Å². The molecule has 1 atom stereocenters. The Morgan fingerprint density at radius 1 is 1.03 bits per heavy atom. The fourth-order valence-electron chi connectivity index (χ4n) is 4.00. The zero-order valence-electron chi connectivity index (χ0n) is 20.0. The first-order chi connectivity index (χ1) is 15.0. The number of para-hydroxylation sites is 1. The largest absolute Gasteiger partial charge is 0.469 e. The number of hydrogen-bond acceptors (Lipinski definition) is 5. The highest BCUT2D eigenvalue weighted by molar-refractivity contribution is 6.79. The molecule has 0 saturated carbocycles. The lowest BCUT2D eigenvalue weighted by Crippen LogP contribution is -2.44. The molecule has 3 rings (SSSR count). The van der Waals surface area contributed by atoms with E-state index in [1.54, 1.807) is 6.26 Å². The summed E-state index contributed by atoms with van der Waals surface area (Å²) in [6.45, 7) is 11.6. The van der Waals surface area contributed by atoms with Gasteiger partial charge in [0.25, 0.3) is 0 Å². The van der Waals surface area contributed by atoms with E-state index in [0.29, 0.717) is 5.76 Å². The number of fused-ring (bicyclic) bond motifs is 1. The Kier molecular flexibility index (Phi) is 6.69. The summed E-state index contributed by atoms with van der Waals surface area (Å²) in [4.78, 5) is 24.9. The van der Waals surface area contributed by atoms with Crippen LogP contribution in [-0.2, 0) is 19.1 Å². The molecular formula is C25H33NO5Si. The van der Waals surface area contributed by atoms with Crippen molar-refractivity contribution in [3.05, 3.63) is 60.2 Å². The van der Waals surface area contributed by atoms with Crippen molar-refractivity contribution in [3.63, 3.8) is 0 Å². The highest BCUT2D eigenvalue weighted by atomic mass is 28.3. The lowest BCUT2D eigenvalue weighted by molar-refractivity contribution is -0.159. The fraction of sp³-hybridized carbons (Fsp3) is 0.440. The number of benzene rings is 1. The first kappa shape index (κ1) is 23.9. The van der Waals surface area contributed by atoms with Crippen molar-refractivity contribution in [2.24, 2.45) is 5.92 Å². The van der Waals surface area contributed by atoms with E-state index in [2.05, 4.69) is 56.4 Å². The van der Waals surface area contributed by atoms with Gasteiger partial charge in [-0.05, 0) is 35.2 Å². The third kappa shape index (κ3) is 4.26. The Balaban J connectivity index is 2.22. The minimum absolute atomic E-state index is 0.118. The van der Waals surface area contributed by atoms with E-state index in [4.69, 9.17) is 13.9 Å². The molecule has 0 bridgehead atoms. The molecule has 0 N–H and O–H groups in total. The van der Waals surface area contributed by atoms with E-state index in [1.165, 1.54) is 14.2 Å². The SMILES string of the molecule is COC(=O)C(C[C@H](c1ccco1)c1cn([Si](C)(C)C(C)(C)C)c2ccccc12)C(=O)OC. The van der Waals surface area contributed by atoms with E-state index in [0.717, 1.165) is 16.5 Å². The Labute approximate surface area is 190 Å². The van der Waals surface area contributed by atoms with Gasteiger partial charge in [-0.15, -0.1) is 0 Å². The molecule has 6 nitrogen and oxygen atoms in total. The number of carbonyl (C=O) groups is 2. The van der Waals surface area contributed by atoms with E-state index >= 15 is 0 Å². The molecule has 2 heterocycles. The van der Waals surface area contributed by atoms with E-state index in [-0.39, 0.29) is 17.4 Å². The first-order valence-electron chi connectivity index (χ1n) is 10.8. The van der Waals surface area contributed by atoms with Crippen LogP contribution < -0.4 is 0 Å². The van der Waals surface area contributed by atoms with Gasteiger partial charge in [0.05, 0.1) is 20.5 Å². The first-order valence-corrected chi connectivity index (χ1v) is 13.8.